The van der Waals surface area contributed by atoms with Crippen LogP contribution in [0.2, 0.25) is 0 Å². The van der Waals surface area contributed by atoms with E-state index in [1.165, 1.54) is 0 Å². The molecular weight excluding hydrogens is 218 g/mol. The van der Waals surface area contributed by atoms with Crippen LogP contribution >= 0.6 is 0 Å². The van der Waals surface area contributed by atoms with Crippen molar-refractivity contribution >= 4 is 5.91 Å². The monoisotopic (exact) mass is 237 g/mol. The number of carbonyl (C=O) groups is 1. The van der Waals surface area contributed by atoms with Gasteiger partial charge in [0, 0.05) is 39.2 Å². The average molecular weight is 237 g/mol. The molecule has 0 atom stereocenters. The molecule has 0 saturated carbocycles. The van der Waals surface area contributed by atoms with Crippen molar-refractivity contribution in [2.75, 3.05) is 26.8 Å². The first-order valence-electron chi connectivity index (χ1n) is 6.03. The number of nitrogens with zero attached hydrogens (tertiary/aromatic N) is 3. The van der Waals surface area contributed by atoms with Crippen LogP contribution in [0.15, 0.2) is 18.5 Å². The number of likely N-dealkylation sites (tertiary alicyclic amines) is 1. The number of hydrogen-bond donors (Lipinski definition) is 0. The molecule has 0 bridgehead atoms. The van der Waals surface area contributed by atoms with Crippen LogP contribution in [0, 0.1) is 5.92 Å². The Hall–Kier alpha value is -1.36. The molecule has 94 valence electrons. The van der Waals surface area contributed by atoms with E-state index in [2.05, 4.69) is 5.10 Å². The molecule has 5 nitrogen and oxygen atoms in total. The van der Waals surface area contributed by atoms with E-state index in [-0.39, 0.29) is 5.91 Å². The molecule has 0 spiro atoms. The molecule has 0 aromatic carbocycles. The van der Waals surface area contributed by atoms with Crippen molar-refractivity contribution in [3.63, 3.8) is 0 Å². The Morgan fingerprint density at radius 1 is 1.47 bits per heavy atom. The fourth-order valence-corrected chi connectivity index (χ4v) is 2.22. The second-order valence-electron chi connectivity index (χ2n) is 4.48. The van der Waals surface area contributed by atoms with Gasteiger partial charge >= 0.3 is 0 Å². The van der Waals surface area contributed by atoms with Gasteiger partial charge < -0.3 is 9.64 Å². The molecule has 1 fully saturated rings. The molecule has 2 rings (SSSR count). The Bertz CT molecular complexity index is 343. The van der Waals surface area contributed by atoms with Gasteiger partial charge in [0.2, 0.25) is 5.91 Å². The first-order valence-corrected chi connectivity index (χ1v) is 6.03. The van der Waals surface area contributed by atoms with E-state index in [0.29, 0.717) is 12.5 Å². The number of rotatable bonds is 4. The lowest BCUT2D eigenvalue weighted by Gasteiger charge is -2.31. The lowest BCUT2D eigenvalue weighted by Crippen LogP contribution is -2.41. The lowest BCUT2D eigenvalue weighted by molar-refractivity contribution is -0.133. The summed E-state index contributed by atoms with van der Waals surface area (Å²) in [6.45, 7) is 2.84. The highest BCUT2D eigenvalue weighted by atomic mass is 16.5. The standard InChI is InChI=1S/C12H19N3O2/c1-17-10-11-3-7-14(8-4-11)12(16)9-15-6-2-5-13-15/h2,5-6,11H,3-4,7-10H2,1H3. The molecule has 0 N–H and O–H groups in total. The van der Waals surface area contributed by atoms with Crippen LogP contribution in [-0.2, 0) is 16.1 Å². The molecule has 1 saturated heterocycles. The zero-order valence-corrected chi connectivity index (χ0v) is 10.2. The van der Waals surface area contributed by atoms with E-state index in [9.17, 15) is 4.79 Å². The minimum atomic E-state index is 0.157. The summed E-state index contributed by atoms with van der Waals surface area (Å²) in [6, 6.07) is 1.83. The van der Waals surface area contributed by atoms with E-state index >= 15 is 0 Å². The van der Waals surface area contributed by atoms with Gasteiger partial charge in [0.1, 0.15) is 6.54 Å². The molecule has 5 heteroatoms. The van der Waals surface area contributed by atoms with Gasteiger partial charge in [-0.15, -0.1) is 0 Å². The minimum Gasteiger partial charge on any atom is -0.384 e. The third-order valence-electron chi connectivity index (χ3n) is 3.23. The minimum absolute atomic E-state index is 0.157. The summed E-state index contributed by atoms with van der Waals surface area (Å²) in [6.07, 6.45) is 5.59. The van der Waals surface area contributed by atoms with E-state index in [0.717, 1.165) is 32.5 Å². The predicted octanol–water partition coefficient (Wildman–Crippen LogP) is 0.768. The van der Waals surface area contributed by atoms with Crippen LogP contribution in [0.5, 0.6) is 0 Å². The largest absolute Gasteiger partial charge is 0.384 e. The Labute approximate surface area is 101 Å². The number of ether oxygens (including phenoxy) is 1. The maximum atomic E-state index is 12.0. The van der Waals surface area contributed by atoms with Crippen molar-refractivity contribution < 1.29 is 9.53 Å². The molecular formula is C12H19N3O2. The first-order chi connectivity index (χ1) is 8.29. The number of aromatic nitrogens is 2. The molecule has 0 radical (unpaired) electrons. The second kappa shape index (κ2) is 5.82. The van der Waals surface area contributed by atoms with Gasteiger partial charge in [-0.05, 0) is 24.8 Å². The van der Waals surface area contributed by atoms with Gasteiger partial charge in [-0.1, -0.05) is 0 Å². The van der Waals surface area contributed by atoms with Crippen molar-refractivity contribution in [2.45, 2.75) is 19.4 Å². The summed E-state index contributed by atoms with van der Waals surface area (Å²) in [4.78, 5) is 13.9. The lowest BCUT2D eigenvalue weighted by atomic mass is 9.98. The number of piperidine rings is 1. The summed E-state index contributed by atoms with van der Waals surface area (Å²) in [5.41, 5.74) is 0. The zero-order chi connectivity index (χ0) is 12.1. The van der Waals surface area contributed by atoms with Crippen molar-refractivity contribution in [1.82, 2.24) is 14.7 Å². The van der Waals surface area contributed by atoms with E-state index in [4.69, 9.17) is 4.74 Å². The molecule has 1 amide bonds. The van der Waals surface area contributed by atoms with Gasteiger partial charge in [-0.2, -0.15) is 5.10 Å². The van der Waals surface area contributed by atoms with Crippen molar-refractivity contribution in [1.29, 1.82) is 0 Å². The predicted molar refractivity (Wildman–Crippen MR) is 63.4 cm³/mol. The number of carbonyl (C=O) groups excluding carboxylic acids is 1. The van der Waals surface area contributed by atoms with E-state index in [1.54, 1.807) is 18.0 Å². The highest BCUT2D eigenvalue weighted by Crippen LogP contribution is 2.17. The highest BCUT2D eigenvalue weighted by Gasteiger charge is 2.22. The summed E-state index contributed by atoms with van der Waals surface area (Å²) in [5, 5.41) is 4.04. The molecule has 17 heavy (non-hydrogen) atoms. The fraction of sp³-hybridized carbons (Fsp3) is 0.667. The average Bonchev–Trinajstić information content (AvgIpc) is 2.83. The van der Waals surface area contributed by atoms with Crippen molar-refractivity contribution in [3.05, 3.63) is 18.5 Å². The molecule has 1 aliphatic heterocycles. The molecule has 1 aliphatic rings. The van der Waals surface area contributed by atoms with Crippen LogP contribution in [0.1, 0.15) is 12.8 Å². The SMILES string of the molecule is COCC1CCN(C(=O)Cn2cccn2)CC1. The molecule has 0 unspecified atom stereocenters. The van der Waals surface area contributed by atoms with Crippen LogP contribution in [0.4, 0.5) is 0 Å². The first kappa shape index (κ1) is 12.1. The number of amides is 1. The van der Waals surface area contributed by atoms with Crippen molar-refractivity contribution in [3.8, 4) is 0 Å². The van der Waals surface area contributed by atoms with E-state index < -0.39 is 0 Å². The van der Waals surface area contributed by atoms with Crippen LogP contribution < -0.4 is 0 Å². The summed E-state index contributed by atoms with van der Waals surface area (Å²) in [5.74, 6) is 0.762. The zero-order valence-electron chi connectivity index (χ0n) is 10.2. The van der Waals surface area contributed by atoms with Gasteiger partial charge in [0.25, 0.3) is 0 Å². The van der Waals surface area contributed by atoms with Gasteiger partial charge in [-0.3, -0.25) is 9.48 Å². The van der Waals surface area contributed by atoms with Gasteiger partial charge in [0.15, 0.2) is 0 Å². The maximum Gasteiger partial charge on any atom is 0.244 e. The Morgan fingerprint density at radius 3 is 2.82 bits per heavy atom. The maximum absolute atomic E-state index is 12.0. The Balaban J connectivity index is 1.78. The summed E-state index contributed by atoms with van der Waals surface area (Å²) in [7, 11) is 1.73. The smallest absolute Gasteiger partial charge is 0.244 e. The quantitative estimate of drug-likeness (QED) is 0.777. The summed E-state index contributed by atoms with van der Waals surface area (Å²) < 4.78 is 6.81. The topological polar surface area (TPSA) is 47.4 Å². The van der Waals surface area contributed by atoms with Crippen LogP contribution in [-0.4, -0.2) is 47.4 Å². The molecule has 2 heterocycles. The number of hydrogen-bond acceptors (Lipinski definition) is 3. The highest BCUT2D eigenvalue weighted by molar-refractivity contribution is 5.75. The van der Waals surface area contributed by atoms with E-state index in [1.807, 2.05) is 17.2 Å². The summed E-state index contributed by atoms with van der Waals surface area (Å²) >= 11 is 0. The fourth-order valence-electron chi connectivity index (χ4n) is 2.22. The van der Waals surface area contributed by atoms with Gasteiger partial charge in [-0.25, -0.2) is 0 Å². The van der Waals surface area contributed by atoms with Crippen LogP contribution in [0.3, 0.4) is 0 Å². The third kappa shape index (κ3) is 3.30. The molecule has 0 aliphatic carbocycles. The Kier molecular flexibility index (Phi) is 4.14. The molecule has 1 aromatic rings. The number of methoxy groups -OCH3 is 1. The van der Waals surface area contributed by atoms with Crippen LogP contribution in [0.25, 0.3) is 0 Å². The van der Waals surface area contributed by atoms with Gasteiger partial charge in [0.05, 0.1) is 0 Å². The second-order valence-corrected chi connectivity index (χ2v) is 4.48. The normalized spacial score (nSPS) is 17.4. The Morgan fingerprint density at radius 2 is 2.24 bits per heavy atom. The molecule has 1 aromatic heterocycles. The van der Waals surface area contributed by atoms with Crippen molar-refractivity contribution in [2.24, 2.45) is 5.92 Å². The third-order valence-corrected chi connectivity index (χ3v) is 3.23.